The van der Waals surface area contributed by atoms with Crippen molar-refractivity contribution in [3.63, 3.8) is 0 Å². The number of imidazole rings is 1. The Balaban J connectivity index is 0.00000110. The van der Waals surface area contributed by atoms with Crippen molar-refractivity contribution in [2.75, 3.05) is 13.1 Å². The molecule has 1 fully saturated rings. The van der Waals surface area contributed by atoms with Crippen LogP contribution in [0.4, 0.5) is 0 Å². The van der Waals surface area contributed by atoms with Crippen molar-refractivity contribution in [2.24, 2.45) is 0 Å². The van der Waals surface area contributed by atoms with Gasteiger partial charge in [0.25, 0.3) is 0 Å². The summed E-state index contributed by atoms with van der Waals surface area (Å²) in [5, 5.41) is 10.4. The van der Waals surface area contributed by atoms with Crippen molar-refractivity contribution < 1.29 is 5.11 Å². The number of hydrogen-bond donors (Lipinski definition) is 1. The van der Waals surface area contributed by atoms with E-state index in [9.17, 15) is 5.11 Å². The fourth-order valence-electron chi connectivity index (χ4n) is 3.11. The molecular weight excluding hydrogens is 309 g/mol. The fourth-order valence-corrected chi connectivity index (χ4v) is 3.11. The van der Waals surface area contributed by atoms with Crippen molar-refractivity contribution in [3.05, 3.63) is 30.6 Å². The van der Waals surface area contributed by atoms with E-state index in [1.807, 2.05) is 24.5 Å². The van der Waals surface area contributed by atoms with E-state index in [0.717, 1.165) is 43.4 Å². The molecule has 6 heteroatoms. The van der Waals surface area contributed by atoms with Gasteiger partial charge in [-0.2, -0.15) is 0 Å². The Bertz CT molecular complexity index is 559. The van der Waals surface area contributed by atoms with Gasteiger partial charge in [0, 0.05) is 6.54 Å². The van der Waals surface area contributed by atoms with Crippen LogP contribution in [0.3, 0.4) is 0 Å². The van der Waals surface area contributed by atoms with E-state index in [0.29, 0.717) is 0 Å². The van der Waals surface area contributed by atoms with Gasteiger partial charge in [-0.05, 0) is 37.9 Å². The molecule has 1 N–H and O–H groups in total. The lowest BCUT2D eigenvalue weighted by atomic mass is 10.0. The first kappa shape index (κ1) is 18.2. The molecule has 4 nitrogen and oxygen atoms in total. The quantitative estimate of drug-likeness (QED) is 0.938. The van der Waals surface area contributed by atoms with Gasteiger partial charge in [-0.1, -0.05) is 19.1 Å². The lowest BCUT2D eigenvalue weighted by Crippen LogP contribution is -2.44. The molecule has 1 aliphatic rings. The van der Waals surface area contributed by atoms with E-state index in [4.69, 9.17) is 0 Å². The minimum Gasteiger partial charge on any atom is -0.390 e. The Morgan fingerprint density at radius 3 is 2.81 bits per heavy atom. The van der Waals surface area contributed by atoms with Gasteiger partial charge in [0.2, 0.25) is 0 Å². The van der Waals surface area contributed by atoms with Crippen LogP contribution in [0.5, 0.6) is 0 Å². The smallest absolute Gasteiger partial charge is 0.114 e. The average Bonchev–Trinajstić information content (AvgIpc) is 2.83. The first-order valence-corrected chi connectivity index (χ1v) is 7.15. The number of para-hydroxylation sites is 2. The summed E-state index contributed by atoms with van der Waals surface area (Å²) < 4.78 is 2.13. The third kappa shape index (κ3) is 3.51. The van der Waals surface area contributed by atoms with Crippen molar-refractivity contribution in [3.8, 4) is 0 Å². The largest absolute Gasteiger partial charge is 0.390 e. The Morgan fingerprint density at radius 1 is 1.29 bits per heavy atom. The molecule has 2 atom stereocenters. The number of rotatable bonds is 3. The Morgan fingerprint density at radius 2 is 2.05 bits per heavy atom. The van der Waals surface area contributed by atoms with E-state index >= 15 is 0 Å². The molecular formula is C15H23Cl2N3O. The Hall–Kier alpha value is -0.810. The highest BCUT2D eigenvalue weighted by atomic mass is 35.5. The summed E-state index contributed by atoms with van der Waals surface area (Å²) in [5.74, 6) is 0. The maximum absolute atomic E-state index is 10.4. The van der Waals surface area contributed by atoms with Crippen molar-refractivity contribution in [2.45, 2.75) is 38.5 Å². The molecule has 21 heavy (non-hydrogen) atoms. The number of piperidine rings is 1. The second kappa shape index (κ2) is 7.99. The second-order valence-corrected chi connectivity index (χ2v) is 5.30. The normalized spacial score (nSPS) is 22.6. The van der Waals surface area contributed by atoms with E-state index in [1.165, 1.54) is 0 Å². The van der Waals surface area contributed by atoms with Gasteiger partial charge in [0.1, 0.15) is 6.17 Å². The van der Waals surface area contributed by atoms with Crippen molar-refractivity contribution >= 4 is 35.8 Å². The summed E-state index contributed by atoms with van der Waals surface area (Å²) in [4.78, 5) is 6.83. The van der Waals surface area contributed by atoms with Gasteiger partial charge < -0.3 is 9.67 Å². The summed E-state index contributed by atoms with van der Waals surface area (Å²) in [7, 11) is 0. The predicted octanol–water partition coefficient (Wildman–Crippen LogP) is 3.25. The van der Waals surface area contributed by atoms with Gasteiger partial charge in [-0.25, -0.2) is 4.98 Å². The van der Waals surface area contributed by atoms with Crippen LogP contribution in [0, 0.1) is 0 Å². The highest BCUT2D eigenvalue weighted by molar-refractivity contribution is 5.85. The number of nitrogens with zero attached hydrogens (tertiary/aromatic N) is 3. The maximum atomic E-state index is 10.4. The van der Waals surface area contributed by atoms with Crippen molar-refractivity contribution in [1.82, 2.24) is 14.5 Å². The van der Waals surface area contributed by atoms with Gasteiger partial charge in [0.05, 0.1) is 23.5 Å². The van der Waals surface area contributed by atoms with Crippen LogP contribution in [-0.4, -0.2) is 38.8 Å². The number of hydrogen-bond acceptors (Lipinski definition) is 3. The molecule has 1 aromatic heterocycles. The van der Waals surface area contributed by atoms with Gasteiger partial charge >= 0.3 is 0 Å². The zero-order chi connectivity index (χ0) is 13.2. The molecule has 118 valence electrons. The van der Waals surface area contributed by atoms with Crippen molar-refractivity contribution in [1.29, 1.82) is 0 Å². The summed E-state index contributed by atoms with van der Waals surface area (Å²) in [6.45, 7) is 4.26. The zero-order valence-electron chi connectivity index (χ0n) is 12.2. The number of benzene rings is 1. The first-order chi connectivity index (χ1) is 9.31. The SMILES string of the molecule is CCCN1CCCC(O)C1n1cnc2ccccc21.Cl.Cl. The van der Waals surface area contributed by atoms with E-state index in [-0.39, 0.29) is 37.1 Å². The molecule has 2 unspecified atom stereocenters. The molecule has 0 radical (unpaired) electrons. The van der Waals surface area contributed by atoms with Gasteiger partial charge in [0.15, 0.2) is 0 Å². The average molecular weight is 332 g/mol. The molecule has 0 spiro atoms. The van der Waals surface area contributed by atoms with E-state index < -0.39 is 0 Å². The standard InChI is InChI=1S/C15H21N3O.2ClH/c1-2-9-17-10-5-8-14(19)15(17)18-11-16-12-6-3-4-7-13(12)18;;/h3-4,6-7,11,14-15,19H,2,5,8-10H2,1H3;2*1H. The van der Waals surface area contributed by atoms with E-state index in [2.05, 4.69) is 27.4 Å². The van der Waals surface area contributed by atoms with Gasteiger partial charge in [-0.15, -0.1) is 24.8 Å². The van der Waals surface area contributed by atoms with Crippen LogP contribution in [-0.2, 0) is 0 Å². The zero-order valence-corrected chi connectivity index (χ0v) is 13.8. The second-order valence-electron chi connectivity index (χ2n) is 5.30. The number of aliphatic hydroxyl groups is 1. The Labute approximate surface area is 138 Å². The highest BCUT2D eigenvalue weighted by Gasteiger charge is 2.31. The minimum absolute atomic E-state index is 0. The first-order valence-electron chi connectivity index (χ1n) is 7.15. The summed E-state index contributed by atoms with van der Waals surface area (Å²) in [6, 6.07) is 8.12. The number of aromatic nitrogens is 2. The van der Waals surface area contributed by atoms with Gasteiger partial charge in [-0.3, -0.25) is 4.90 Å². The van der Waals surface area contributed by atoms with Crippen LogP contribution in [0.2, 0.25) is 0 Å². The highest BCUT2D eigenvalue weighted by Crippen LogP contribution is 2.29. The fraction of sp³-hybridized carbons (Fsp3) is 0.533. The number of aliphatic hydroxyl groups excluding tert-OH is 1. The molecule has 1 aromatic carbocycles. The Kier molecular flexibility index (Phi) is 6.94. The molecule has 0 saturated carbocycles. The minimum atomic E-state index is -0.307. The van der Waals surface area contributed by atoms with E-state index in [1.54, 1.807) is 0 Å². The maximum Gasteiger partial charge on any atom is 0.114 e. The number of fused-ring (bicyclic) bond motifs is 1. The third-order valence-electron chi connectivity index (χ3n) is 3.94. The lowest BCUT2D eigenvalue weighted by molar-refractivity contribution is -0.0255. The predicted molar refractivity (Wildman–Crippen MR) is 90.4 cm³/mol. The summed E-state index contributed by atoms with van der Waals surface area (Å²) >= 11 is 0. The number of likely N-dealkylation sites (tertiary alicyclic amines) is 1. The molecule has 3 rings (SSSR count). The van der Waals surface area contributed by atoms with Crippen LogP contribution in [0.25, 0.3) is 11.0 Å². The molecule has 1 saturated heterocycles. The molecule has 2 heterocycles. The number of halogens is 2. The molecule has 0 amide bonds. The topological polar surface area (TPSA) is 41.3 Å². The summed E-state index contributed by atoms with van der Waals surface area (Å²) in [6.07, 6.45) is 4.64. The monoisotopic (exact) mass is 331 g/mol. The lowest BCUT2D eigenvalue weighted by Gasteiger charge is -2.39. The van der Waals surface area contributed by atoms with Crippen LogP contribution >= 0.6 is 24.8 Å². The molecule has 1 aliphatic heterocycles. The summed E-state index contributed by atoms with van der Waals surface area (Å²) in [5.41, 5.74) is 2.10. The third-order valence-corrected chi connectivity index (χ3v) is 3.94. The molecule has 2 aromatic rings. The van der Waals surface area contributed by atoms with Crippen LogP contribution in [0.1, 0.15) is 32.4 Å². The molecule has 0 aliphatic carbocycles. The van der Waals surface area contributed by atoms with Crippen LogP contribution < -0.4 is 0 Å². The van der Waals surface area contributed by atoms with Crippen LogP contribution in [0.15, 0.2) is 30.6 Å². The molecule has 0 bridgehead atoms.